The number of halogens is 1. The smallest absolute Gasteiger partial charge is 0.228 e. The van der Waals surface area contributed by atoms with Gasteiger partial charge in [0.25, 0.3) is 0 Å². The third-order valence-electron chi connectivity index (χ3n) is 5.21. The molecular formula is C19H24ClN3O3. The zero-order valence-corrected chi connectivity index (χ0v) is 15.9. The van der Waals surface area contributed by atoms with E-state index in [1.165, 1.54) is 0 Å². The standard InChI is InChI=1S/C19H24ClN3O3/c1-21(2)18(25)13-7-9-22(10-8-13)19(26)14-11-17(24)23(12-14)16-5-3-15(20)4-6-16/h3-6,13-14H,7-12H2,1-2H3. The van der Waals surface area contributed by atoms with Crippen molar-refractivity contribution >= 4 is 35.0 Å². The molecule has 2 aliphatic heterocycles. The van der Waals surface area contributed by atoms with Crippen LogP contribution in [0.3, 0.4) is 0 Å². The van der Waals surface area contributed by atoms with E-state index in [9.17, 15) is 14.4 Å². The summed E-state index contributed by atoms with van der Waals surface area (Å²) in [5.41, 5.74) is 0.769. The van der Waals surface area contributed by atoms with E-state index in [1.807, 2.05) is 4.90 Å². The molecule has 0 N–H and O–H groups in total. The molecule has 1 unspecified atom stereocenters. The molecule has 2 fully saturated rings. The Kier molecular flexibility index (Phi) is 5.51. The van der Waals surface area contributed by atoms with E-state index in [4.69, 9.17) is 11.6 Å². The summed E-state index contributed by atoms with van der Waals surface area (Å²) in [5, 5.41) is 0.614. The number of carbonyl (C=O) groups is 3. The summed E-state index contributed by atoms with van der Waals surface area (Å²) in [6.45, 7) is 1.55. The molecule has 1 atom stereocenters. The zero-order valence-electron chi connectivity index (χ0n) is 15.2. The Morgan fingerprint density at radius 2 is 1.69 bits per heavy atom. The summed E-state index contributed by atoms with van der Waals surface area (Å²) in [7, 11) is 3.52. The lowest BCUT2D eigenvalue weighted by Crippen LogP contribution is -2.45. The number of anilines is 1. The van der Waals surface area contributed by atoms with E-state index < -0.39 is 0 Å². The van der Waals surface area contributed by atoms with Crippen LogP contribution < -0.4 is 4.90 Å². The number of hydrogen-bond acceptors (Lipinski definition) is 3. The predicted molar refractivity (Wildman–Crippen MR) is 99.9 cm³/mol. The molecule has 2 saturated heterocycles. The molecule has 140 valence electrons. The minimum absolute atomic E-state index is 0.00942. The minimum Gasteiger partial charge on any atom is -0.349 e. The van der Waals surface area contributed by atoms with Gasteiger partial charge >= 0.3 is 0 Å². The quantitative estimate of drug-likeness (QED) is 0.809. The molecule has 0 aromatic heterocycles. The van der Waals surface area contributed by atoms with E-state index in [0.717, 1.165) is 5.69 Å². The zero-order chi connectivity index (χ0) is 18.8. The van der Waals surface area contributed by atoms with E-state index >= 15 is 0 Å². The Bertz CT molecular complexity index is 696. The normalized spacial score (nSPS) is 21.2. The molecule has 1 aromatic carbocycles. The van der Waals surface area contributed by atoms with Gasteiger partial charge < -0.3 is 14.7 Å². The van der Waals surface area contributed by atoms with E-state index in [-0.39, 0.29) is 36.0 Å². The molecular weight excluding hydrogens is 354 g/mol. The topological polar surface area (TPSA) is 60.9 Å². The number of rotatable bonds is 3. The van der Waals surface area contributed by atoms with Gasteiger partial charge in [-0.15, -0.1) is 0 Å². The molecule has 6 nitrogen and oxygen atoms in total. The van der Waals surface area contributed by atoms with Crippen molar-refractivity contribution in [2.75, 3.05) is 38.6 Å². The lowest BCUT2D eigenvalue weighted by atomic mass is 9.94. The van der Waals surface area contributed by atoms with Crippen LogP contribution in [0.5, 0.6) is 0 Å². The van der Waals surface area contributed by atoms with Gasteiger partial charge in [-0.3, -0.25) is 14.4 Å². The second-order valence-electron chi connectivity index (χ2n) is 7.21. The molecule has 0 bridgehead atoms. The molecule has 3 rings (SSSR count). The SMILES string of the molecule is CN(C)C(=O)C1CCN(C(=O)C2CC(=O)N(c3ccc(Cl)cc3)C2)CC1. The molecule has 3 amide bonds. The van der Waals surface area contributed by atoms with Crippen LogP contribution in [0.2, 0.25) is 5.02 Å². The van der Waals surface area contributed by atoms with Crippen molar-refractivity contribution in [2.24, 2.45) is 11.8 Å². The minimum atomic E-state index is -0.320. The molecule has 2 heterocycles. The molecule has 0 radical (unpaired) electrons. The average Bonchev–Trinajstić information content (AvgIpc) is 3.03. The fourth-order valence-corrected chi connectivity index (χ4v) is 3.84. The second-order valence-corrected chi connectivity index (χ2v) is 7.65. The van der Waals surface area contributed by atoms with Gasteiger partial charge in [0.2, 0.25) is 17.7 Å². The van der Waals surface area contributed by atoms with Crippen LogP contribution in [0.15, 0.2) is 24.3 Å². The first-order chi connectivity index (χ1) is 12.4. The van der Waals surface area contributed by atoms with Crippen molar-refractivity contribution in [3.05, 3.63) is 29.3 Å². The lowest BCUT2D eigenvalue weighted by Gasteiger charge is -2.33. The third-order valence-corrected chi connectivity index (χ3v) is 5.46. The number of hydrogen-bond donors (Lipinski definition) is 0. The highest BCUT2D eigenvalue weighted by Gasteiger charge is 2.38. The van der Waals surface area contributed by atoms with Crippen LogP contribution in [-0.2, 0) is 14.4 Å². The largest absolute Gasteiger partial charge is 0.349 e. The first-order valence-corrected chi connectivity index (χ1v) is 9.30. The highest BCUT2D eigenvalue weighted by molar-refractivity contribution is 6.30. The summed E-state index contributed by atoms with van der Waals surface area (Å²) < 4.78 is 0. The van der Waals surface area contributed by atoms with Gasteiger partial charge in [-0.1, -0.05) is 11.6 Å². The molecule has 0 spiro atoms. The van der Waals surface area contributed by atoms with Crippen molar-refractivity contribution in [3.63, 3.8) is 0 Å². The van der Waals surface area contributed by atoms with Crippen molar-refractivity contribution < 1.29 is 14.4 Å². The van der Waals surface area contributed by atoms with Gasteiger partial charge in [0.15, 0.2) is 0 Å². The number of amides is 3. The summed E-state index contributed by atoms with van der Waals surface area (Å²) in [5.74, 6) is -0.222. The highest BCUT2D eigenvalue weighted by atomic mass is 35.5. The predicted octanol–water partition coefficient (Wildman–Crippen LogP) is 2.02. The van der Waals surface area contributed by atoms with Crippen LogP contribution in [0.4, 0.5) is 5.69 Å². The maximum Gasteiger partial charge on any atom is 0.228 e. The Balaban J connectivity index is 1.59. The lowest BCUT2D eigenvalue weighted by molar-refractivity contribution is -0.141. The second kappa shape index (κ2) is 7.66. The van der Waals surface area contributed by atoms with Crippen LogP contribution in [0, 0.1) is 11.8 Å². The molecule has 1 aromatic rings. The van der Waals surface area contributed by atoms with Crippen LogP contribution in [-0.4, -0.2) is 61.3 Å². The number of piperidine rings is 1. The van der Waals surface area contributed by atoms with Crippen molar-refractivity contribution in [1.29, 1.82) is 0 Å². The average molecular weight is 378 g/mol. The molecule has 0 saturated carbocycles. The van der Waals surface area contributed by atoms with Gasteiger partial charge in [0.05, 0.1) is 5.92 Å². The highest BCUT2D eigenvalue weighted by Crippen LogP contribution is 2.29. The Labute approximate surface area is 158 Å². The summed E-state index contributed by atoms with van der Waals surface area (Å²) in [4.78, 5) is 42.3. The van der Waals surface area contributed by atoms with Crippen molar-refractivity contribution in [2.45, 2.75) is 19.3 Å². The Morgan fingerprint density at radius 1 is 1.08 bits per heavy atom. The maximum atomic E-state index is 12.8. The molecule has 26 heavy (non-hydrogen) atoms. The van der Waals surface area contributed by atoms with Gasteiger partial charge in [-0.2, -0.15) is 0 Å². The summed E-state index contributed by atoms with van der Waals surface area (Å²) >= 11 is 5.90. The van der Waals surface area contributed by atoms with Gasteiger partial charge in [-0.05, 0) is 37.1 Å². The Morgan fingerprint density at radius 3 is 2.27 bits per heavy atom. The van der Waals surface area contributed by atoms with Crippen molar-refractivity contribution in [3.8, 4) is 0 Å². The fraction of sp³-hybridized carbons (Fsp3) is 0.526. The summed E-state index contributed by atoms with van der Waals surface area (Å²) in [6, 6.07) is 7.08. The molecule has 7 heteroatoms. The van der Waals surface area contributed by atoms with Crippen molar-refractivity contribution in [1.82, 2.24) is 9.80 Å². The van der Waals surface area contributed by atoms with Gasteiger partial charge in [0.1, 0.15) is 0 Å². The number of benzene rings is 1. The summed E-state index contributed by atoms with van der Waals surface area (Å²) in [6.07, 6.45) is 1.60. The molecule has 0 aliphatic carbocycles. The first kappa shape index (κ1) is 18.7. The van der Waals surface area contributed by atoms with E-state index in [2.05, 4.69) is 0 Å². The van der Waals surface area contributed by atoms with Gasteiger partial charge in [-0.25, -0.2) is 0 Å². The van der Waals surface area contributed by atoms with Crippen LogP contribution >= 0.6 is 11.6 Å². The number of likely N-dealkylation sites (tertiary alicyclic amines) is 1. The molecule has 2 aliphatic rings. The maximum absolute atomic E-state index is 12.8. The third kappa shape index (κ3) is 3.85. The monoisotopic (exact) mass is 377 g/mol. The number of carbonyl (C=O) groups excluding carboxylic acids is 3. The number of nitrogens with zero attached hydrogens (tertiary/aromatic N) is 3. The van der Waals surface area contributed by atoms with E-state index in [0.29, 0.717) is 37.5 Å². The van der Waals surface area contributed by atoms with Crippen LogP contribution in [0.25, 0.3) is 0 Å². The van der Waals surface area contributed by atoms with Gasteiger partial charge in [0, 0.05) is 56.8 Å². The Hall–Kier alpha value is -2.08. The first-order valence-electron chi connectivity index (χ1n) is 8.92. The van der Waals surface area contributed by atoms with Crippen LogP contribution in [0.1, 0.15) is 19.3 Å². The van der Waals surface area contributed by atoms with E-state index in [1.54, 1.807) is 48.2 Å². The fourth-order valence-electron chi connectivity index (χ4n) is 3.71.